The van der Waals surface area contributed by atoms with Crippen molar-refractivity contribution in [1.29, 1.82) is 10.8 Å². The van der Waals surface area contributed by atoms with E-state index in [9.17, 15) is 26.3 Å². The zero-order valence-corrected chi connectivity index (χ0v) is 18.2. The van der Waals surface area contributed by atoms with Gasteiger partial charge in [0.2, 0.25) is 11.8 Å². The Bertz CT molecular complexity index is 779. The number of halogens is 8. The van der Waals surface area contributed by atoms with Crippen molar-refractivity contribution in [3.05, 3.63) is 69.8 Å². The summed E-state index contributed by atoms with van der Waals surface area (Å²) in [5, 5.41) is 15.5. The summed E-state index contributed by atoms with van der Waals surface area (Å²) in [4.78, 5) is 1.37. The van der Waals surface area contributed by atoms with Gasteiger partial charge in [0, 0.05) is 11.1 Å². The van der Waals surface area contributed by atoms with Crippen LogP contribution in [0.15, 0.2) is 53.1 Å². The van der Waals surface area contributed by atoms with Crippen molar-refractivity contribution >= 4 is 43.7 Å². The second kappa shape index (κ2) is 12.0. The van der Waals surface area contributed by atoms with Gasteiger partial charge >= 0.3 is 12.4 Å². The fourth-order valence-electron chi connectivity index (χ4n) is 1.78. The molecule has 0 saturated heterocycles. The third kappa shape index (κ3) is 8.99. The summed E-state index contributed by atoms with van der Waals surface area (Å²) < 4.78 is 82.1. The molecular formula is C18H16Br2F6N2O. The van der Waals surface area contributed by atoms with Gasteiger partial charge in [-0.2, -0.15) is 26.3 Å². The summed E-state index contributed by atoms with van der Waals surface area (Å²) in [5.74, 6) is 0.165. The van der Waals surface area contributed by atoms with Gasteiger partial charge in [-0.3, -0.25) is 10.8 Å². The molecule has 0 aliphatic heterocycles. The molecule has 1 aromatic rings. The number of hydrogen-bond acceptors (Lipinski definition) is 3. The Morgan fingerprint density at radius 3 is 1.83 bits per heavy atom. The monoisotopic (exact) mass is 548 g/mol. The molecule has 11 heteroatoms. The molecule has 0 aromatic heterocycles. The second-order valence-corrected chi connectivity index (χ2v) is 5.52. The molecule has 0 aliphatic carbocycles. The van der Waals surface area contributed by atoms with Crippen molar-refractivity contribution in [3.8, 4) is 0 Å². The van der Waals surface area contributed by atoms with E-state index in [-0.39, 0.29) is 11.6 Å². The van der Waals surface area contributed by atoms with E-state index in [0.29, 0.717) is 12.1 Å². The lowest BCUT2D eigenvalue weighted by Crippen LogP contribution is -2.17. The van der Waals surface area contributed by atoms with Gasteiger partial charge < -0.3 is 4.74 Å². The lowest BCUT2D eigenvalue weighted by atomic mass is 10.0. The molecule has 0 aliphatic rings. The van der Waals surface area contributed by atoms with E-state index in [0.717, 1.165) is 0 Å². The van der Waals surface area contributed by atoms with Gasteiger partial charge in [-0.1, -0.05) is 44.0 Å². The first-order valence-electron chi connectivity index (χ1n) is 7.53. The lowest BCUT2D eigenvalue weighted by Gasteiger charge is -2.15. The molecule has 0 bridgehead atoms. The predicted molar refractivity (Wildman–Crippen MR) is 108 cm³/mol. The van der Waals surface area contributed by atoms with Gasteiger partial charge in [-0.15, -0.1) is 0 Å². The van der Waals surface area contributed by atoms with Crippen molar-refractivity contribution in [2.75, 3.05) is 5.83 Å². The SMILES string of the molecule is CBr.C\C=C/C=C(\C=C\Br)C(=N)OC(=N)c1cc(C(F)(F)F)cc(C(F)(F)F)c1. The number of ether oxygens (including phenoxy) is 1. The third-order valence-electron chi connectivity index (χ3n) is 3.03. The Labute approximate surface area is 180 Å². The number of benzene rings is 1. The highest BCUT2D eigenvalue weighted by Crippen LogP contribution is 2.36. The summed E-state index contributed by atoms with van der Waals surface area (Å²) in [7, 11) is 0. The van der Waals surface area contributed by atoms with E-state index in [2.05, 4.69) is 31.9 Å². The van der Waals surface area contributed by atoms with Crippen LogP contribution >= 0.6 is 31.9 Å². The van der Waals surface area contributed by atoms with Crippen molar-refractivity contribution in [2.24, 2.45) is 0 Å². The first-order valence-corrected chi connectivity index (χ1v) is 10.0. The number of nitrogens with one attached hydrogen (secondary N) is 2. The lowest BCUT2D eigenvalue weighted by molar-refractivity contribution is -0.143. The molecule has 1 rings (SSSR count). The van der Waals surface area contributed by atoms with Crippen LogP contribution in [-0.2, 0) is 17.1 Å². The predicted octanol–water partition coefficient (Wildman–Crippen LogP) is 7.47. The van der Waals surface area contributed by atoms with Crippen LogP contribution in [0.25, 0.3) is 0 Å². The molecule has 0 unspecified atom stereocenters. The average molecular weight is 550 g/mol. The average Bonchev–Trinajstić information content (AvgIpc) is 2.64. The van der Waals surface area contributed by atoms with Gasteiger partial charge in [0.25, 0.3) is 0 Å². The number of rotatable bonds is 4. The van der Waals surface area contributed by atoms with Crippen molar-refractivity contribution in [1.82, 2.24) is 0 Å². The van der Waals surface area contributed by atoms with Crippen LogP contribution in [-0.4, -0.2) is 17.6 Å². The standard InChI is InChI=1S/C17H13BrF6N2O.CH3Br/c1-2-3-4-10(5-6-18)14(25)27-15(26)11-7-12(16(19,20)21)9-13(8-11)17(22,23)24;1-2/h2-9,25-26H,1H3;1H3/b3-2-,6-5+,10-4+,25-14?,26-15?;. The summed E-state index contributed by atoms with van der Waals surface area (Å²) in [6.07, 6.45) is -4.14. The van der Waals surface area contributed by atoms with E-state index in [1.165, 1.54) is 23.2 Å². The van der Waals surface area contributed by atoms with Gasteiger partial charge in [0.15, 0.2) is 0 Å². The fourth-order valence-corrected chi connectivity index (χ4v) is 2.07. The number of hydrogen-bond donors (Lipinski definition) is 2. The van der Waals surface area contributed by atoms with Crippen LogP contribution in [0.1, 0.15) is 23.6 Å². The first-order chi connectivity index (χ1) is 13.4. The van der Waals surface area contributed by atoms with Crippen LogP contribution in [0.3, 0.4) is 0 Å². The molecule has 0 amide bonds. The molecular weight excluding hydrogens is 534 g/mol. The topological polar surface area (TPSA) is 56.9 Å². The van der Waals surface area contributed by atoms with Crippen LogP contribution in [0, 0.1) is 10.8 Å². The molecule has 1 aromatic carbocycles. The molecule has 29 heavy (non-hydrogen) atoms. The van der Waals surface area contributed by atoms with Gasteiger partial charge in [0.1, 0.15) is 0 Å². The quantitative estimate of drug-likeness (QED) is 0.132. The van der Waals surface area contributed by atoms with E-state index in [4.69, 9.17) is 15.6 Å². The molecule has 2 N–H and O–H groups in total. The van der Waals surface area contributed by atoms with Crippen LogP contribution in [0.5, 0.6) is 0 Å². The Kier molecular flexibility index (Phi) is 11.2. The smallest absolute Gasteiger partial charge is 0.416 e. The minimum absolute atomic E-state index is 0.0486. The molecule has 0 heterocycles. The highest BCUT2D eigenvalue weighted by atomic mass is 79.9. The van der Waals surface area contributed by atoms with E-state index in [1.807, 2.05) is 5.83 Å². The Morgan fingerprint density at radius 2 is 1.45 bits per heavy atom. The molecule has 0 saturated carbocycles. The first kappa shape index (κ1) is 27.1. The largest absolute Gasteiger partial charge is 0.421 e. The van der Waals surface area contributed by atoms with E-state index in [1.54, 1.807) is 13.0 Å². The summed E-state index contributed by atoms with van der Waals surface area (Å²) in [6, 6.07) is 0.675. The van der Waals surface area contributed by atoms with Gasteiger partial charge in [0.05, 0.1) is 11.1 Å². The van der Waals surface area contributed by atoms with Crippen LogP contribution in [0.4, 0.5) is 26.3 Å². The Balaban J connectivity index is 0.00000379. The maximum atomic E-state index is 12.9. The van der Waals surface area contributed by atoms with Crippen molar-refractivity contribution < 1.29 is 31.1 Å². The summed E-state index contributed by atoms with van der Waals surface area (Å²) in [5.41, 5.74) is -3.76. The van der Waals surface area contributed by atoms with Crippen LogP contribution in [0.2, 0.25) is 0 Å². The third-order valence-corrected chi connectivity index (χ3v) is 3.29. The maximum Gasteiger partial charge on any atom is 0.416 e. The molecule has 3 nitrogen and oxygen atoms in total. The molecule has 160 valence electrons. The zero-order chi connectivity index (χ0) is 22.8. The number of allylic oxidation sites excluding steroid dienone is 3. The molecule has 0 radical (unpaired) electrons. The zero-order valence-electron chi connectivity index (χ0n) is 15.1. The molecule has 0 spiro atoms. The van der Waals surface area contributed by atoms with Gasteiger partial charge in [-0.25, -0.2) is 0 Å². The summed E-state index contributed by atoms with van der Waals surface area (Å²) >= 11 is 5.92. The summed E-state index contributed by atoms with van der Waals surface area (Å²) in [6.45, 7) is 1.69. The molecule has 0 fully saturated rings. The Hall–Kier alpha value is -1.88. The normalized spacial score (nSPS) is 12.7. The fraction of sp³-hybridized carbons (Fsp3) is 0.222. The second-order valence-electron chi connectivity index (χ2n) is 5.00. The van der Waals surface area contributed by atoms with E-state index >= 15 is 0 Å². The maximum absolute atomic E-state index is 12.9. The van der Waals surface area contributed by atoms with E-state index < -0.39 is 40.8 Å². The molecule has 0 atom stereocenters. The Morgan fingerprint density at radius 1 is 0.966 bits per heavy atom. The van der Waals surface area contributed by atoms with Gasteiger partial charge in [-0.05, 0) is 48.1 Å². The van der Waals surface area contributed by atoms with Crippen molar-refractivity contribution in [2.45, 2.75) is 19.3 Å². The minimum Gasteiger partial charge on any atom is -0.421 e. The highest BCUT2D eigenvalue weighted by molar-refractivity contribution is 9.11. The number of alkyl halides is 7. The van der Waals surface area contributed by atoms with Crippen LogP contribution < -0.4 is 0 Å². The minimum atomic E-state index is -5.04. The van der Waals surface area contributed by atoms with Crippen molar-refractivity contribution in [3.63, 3.8) is 0 Å². The highest BCUT2D eigenvalue weighted by Gasteiger charge is 2.37.